The van der Waals surface area contributed by atoms with Crippen LogP contribution in [-0.2, 0) is 4.79 Å². The van der Waals surface area contributed by atoms with E-state index in [4.69, 9.17) is 5.26 Å². The lowest BCUT2D eigenvalue weighted by molar-refractivity contribution is -0.118. The Hall–Kier alpha value is -1.41. The fraction of sp³-hybridized carbons (Fsp3) is 0.300. The van der Waals surface area contributed by atoms with E-state index in [1.165, 1.54) is 0 Å². The molecule has 1 heterocycles. The van der Waals surface area contributed by atoms with Crippen molar-refractivity contribution in [3.05, 3.63) is 22.8 Å². The van der Waals surface area contributed by atoms with Gasteiger partial charge >= 0.3 is 0 Å². The van der Waals surface area contributed by atoms with Gasteiger partial charge in [0.2, 0.25) is 5.91 Å². The van der Waals surface area contributed by atoms with Crippen molar-refractivity contribution < 1.29 is 4.79 Å². The SMILES string of the molecule is CCC(C#N)C(=O)Nc1ccc(Br)cn1. The summed E-state index contributed by atoms with van der Waals surface area (Å²) in [6.45, 7) is 1.79. The number of rotatable bonds is 3. The monoisotopic (exact) mass is 267 g/mol. The number of anilines is 1. The number of aromatic nitrogens is 1. The van der Waals surface area contributed by atoms with Gasteiger partial charge in [0, 0.05) is 10.7 Å². The van der Waals surface area contributed by atoms with Gasteiger partial charge in [-0.25, -0.2) is 4.98 Å². The molecular formula is C10H10BrN3O. The van der Waals surface area contributed by atoms with E-state index >= 15 is 0 Å². The molecule has 1 unspecified atom stereocenters. The number of halogens is 1. The molecule has 15 heavy (non-hydrogen) atoms. The molecule has 0 aliphatic heterocycles. The van der Waals surface area contributed by atoms with Crippen molar-refractivity contribution >= 4 is 27.7 Å². The Labute approximate surface area is 96.4 Å². The van der Waals surface area contributed by atoms with Crippen molar-refractivity contribution in [1.82, 2.24) is 4.98 Å². The van der Waals surface area contributed by atoms with Crippen molar-refractivity contribution in [3.63, 3.8) is 0 Å². The molecule has 5 heteroatoms. The molecule has 0 aliphatic rings. The summed E-state index contributed by atoms with van der Waals surface area (Å²) in [5.74, 6) is -0.470. The molecule has 0 saturated carbocycles. The van der Waals surface area contributed by atoms with Gasteiger partial charge in [-0.1, -0.05) is 6.92 Å². The third-order valence-corrected chi connectivity index (χ3v) is 2.33. The van der Waals surface area contributed by atoms with E-state index in [9.17, 15) is 4.79 Å². The predicted octanol–water partition coefficient (Wildman–Crippen LogP) is 2.33. The molecule has 0 spiro atoms. The minimum Gasteiger partial charge on any atom is -0.310 e. The molecule has 1 amide bonds. The van der Waals surface area contributed by atoms with Gasteiger partial charge in [-0.05, 0) is 34.5 Å². The molecule has 0 fully saturated rings. The van der Waals surface area contributed by atoms with Crippen LogP contribution in [0.4, 0.5) is 5.82 Å². The number of carbonyl (C=O) groups is 1. The van der Waals surface area contributed by atoms with Crippen molar-refractivity contribution in [2.75, 3.05) is 5.32 Å². The number of carbonyl (C=O) groups excluding carboxylic acids is 1. The number of hydrogen-bond acceptors (Lipinski definition) is 3. The van der Waals surface area contributed by atoms with E-state index in [0.29, 0.717) is 12.2 Å². The van der Waals surface area contributed by atoms with Crippen LogP contribution in [0.5, 0.6) is 0 Å². The first-order chi connectivity index (χ1) is 7.17. The van der Waals surface area contributed by atoms with E-state index in [0.717, 1.165) is 4.47 Å². The molecule has 1 N–H and O–H groups in total. The van der Waals surface area contributed by atoms with Crippen molar-refractivity contribution in [3.8, 4) is 6.07 Å². The highest BCUT2D eigenvalue weighted by Gasteiger charge is 2.15. The first-order valence-corrected chi connectivity index (χ1v) is 5.28. The quantitative estimate of drug-likeness (QED) is 0.914. The van der Waals surface area contributed by atoms with Crippen LogP contribution in [0.15, 0.2) is 22.8 Å². The Balaban J connectivity index is 2.67. The van der Waals surface area contributed by atoms with Crippen LogP contribution >= 0.6 is 15.9 Å². The second kappa shape index (κ2) is 5.47. The second-order valence-electron chi connectivity index (χ2n) is 2.94. The lowest BCUT2D eigenvalue weighted by atomic mass is 10.1. The number of nitriles is 1. The predicted molar refractivity (Wildman–Crippen MR) is 60.0 cm³/mol. The largest absolute Gasteiger partial charge is 0.310 e. The van der Waals surface area contributed by atoms with E-state index in [1.807, 2.05) is 6.07 Å². The Bertz CT molecular complexity index is 383. The summed E-state index contributed by atoms with van der Waals surface area (Å²) < 4.78 is 0.841. The minimum atomic E-state index is -0.615. The summed E-state index contributed by atoms with van der Waals surface area (Å²) in [6, 6.07) is 5.38. The van der Waals surface area contributed by atoms with E-state index in [1.54, 1.807) is 25.3 Å². The lowest BCUT2D eigenvalue weighted by Crippen LogP contribution is -2.21. The third kappa shape index (κ3) is 3.33. The van der Waals surface area contributed by atoms with Gasteiger partial charge in [-0.3, -0.25) is 4.79 Å². The summed E-state index contributed by atoms with van der Waals surface area (Å²) in [5, 5.41) is 11.3. The number of hydrogen-bond donors (Lipinski definition) is 1. The summed E-state index contributed by atoms with van der Waals surface area (Å²) >= 11 is 3.24. The van der Waals surface area contributed by atoms with Crippen LogP contribution in [-0.4, -0.2) is 10.9 Å². The van der Waals surface area contributed by atoms with Gasteiger partial charge in [0.1, 0.15) is 11.7 Å². The Morgan fingerprint density at radius 3 is 2.93 bits per heavy atom. The molecule has 0 aliphatic carbocycles. The van der Waals surface area contributed by atoms with Crippen molar-refractivity contribution in [1.29, 1.82) is 5.26 Å². The standard InChI is InChI=1S/C10H10BrN3O/c1-2-7(5-12)10(15)14-9-4-3-8(11)6-13-9/h3-4,6-7H,2H2,1H3,(H,13,14,15). The fourth-order valence-corrected chi connectivity index (χ4v) is 1.23. The van der Waals surface area contributed by atoms with Crippen molar-refractivity contribution in [2.45, 2.75) is 13.3 Å². The maximum atomic E-state index is 11.5. The molecule has 78 valence electrons. The number of pyridine rings is 1. The Morgan fingerprint density at radius 2 is 2.47 bits per heavy atom. The van der Waals surface area contributed by atoms with Crippen LogP contribution < -0.4 is 5.32 Å². The summed E-state index contributed by atoms with van der Waals surface area (Å²) in [4.78, 5) is 15.5. The van der Waals surface area contributed by atoms with Crippen LogP contribution in [0.3, 0.4) is 0 Å². The fourth-order valence-electron chi connectivity index (χ4n) is 0.998. The van der Waals surface area contributed by atoms with Crippen LogP contribution in [0, 0.1) is 17.2 Å². The smallest absolute Gasteiger partial charge is 0.242 e. The topological polar surface area (TPSA) is 65.8 Å². The van der Waals surface area contributed by atoms with E-state index in [2.05, 4.69) is 26.2 Å². The summed E-state index contributed by atoms with van der Waals surface area (Å²) in [6.07, 6.45) is 2.09. The van der Waals surface area contributed by atoms with Gasteiger partial charge in [0.15, 0.2) is 0 Å². The van der Waals surface area contributed by atoms with Gasteiger partial charge in [-0.15, -0.1) is 0 Å². The molecular weight excluding hydrogens is 258 g/mol. The molecule has 1 aromatic rings. The molecule has 4 nitrogen and oxygen atoms in total. The zero-order valence-electron chi connectivity index (χ0n) is 8.20. The highest BCUT2D eigenvalue weighted by molar-refractivity contribution is 9.10. The lowest BCUT2D eigenvalue weighted by Gasteiger charge is -2.06. The molecule has 1 aromatic heterocycles. The van der Waals surface area contributed by atoms with Crippen LogP contribution in [0.2, 0.25) is 0 Å². The highest BCUT2D eigenvalue weighted by Crippen LogP contribution is 2.12. The third-order valence-electron chi connectivity index (χ3n) is 1.86. The average Bonchev–Trinajstić information content (AvgIpc) is 2.23. The Morgan fingerprint density at radius 1 is 1.73 bits per heavy atom. The summed E-state index contributed by atoms with van der Waals surface area (Å²) in [5.41, 5.74) is 0. The molecule has 0 aromatic carbocycles. The average molecular weight is 268 g/mol. The number of nitrogens with one attached hydrogen (secondary N) is 1. The van der Waals surface area contributed by atoms with Crippen molar-refractivity contribution in [2.24, 2.45) is 5.92 Å². The van der Waals surface area contributed by atoms with E-state index in [-0.39, 0.29) is 5.91 Å². The zero-order valence-corrected chi connectivity index (χ0v) is 9.78. The molecule has 0 bridgehead atoms. The number of nitrogens with zero attached hydrogens (tertiary/aromatic N) is 2. The highest BCUT2D eigenvalue weighted by atomic mass is 79.9. The molecule has 0 saturated heterocycles. The maximum Gasteiger partial charge on any atom is 0.242 e. The Kier molecular flexibility index (Phi) is 4.25. The van der Waals surface area contributed by atoms with Gasteiger partial charge in [0.25, 0.3) is 0 Å². The zero-order chi connectivity index (χ0) is 11.3. The summed E-state index contributed by atoms with van der Waals surface area (Å²) in [7, 11) is 0. The molecule has 1 rings (SSSR count). The first-order valence-electron chi connectivity index (χ1n) is 4.49. The van der Waals surface area contributed by atoms with E-state index < -0.39 is 5.92 Å². The molecule has 0 radical (unpaired) electrons. The minimum absolute atomic E-state index is 0.310. The van der Waals surface area contributed by atoms with Crippen LogP contribution in [0.25, 0.3) is 0 Å². The van der Waals surface area contributed by atoms with Crippen LogP contribution in [0.1, 0.15) is 13.3 Å². The first kappa shape index (κ1) is 11.7. The number of amides is 1. The van der Waals surface area contributed by atoms with Gasteiger partial charge < -0.3 is 5.32 Å². The second-order valence-corrected chi connectivity index (χ2v) is 3.86. The van der Waals surface area contributed by atoms with Gasteiger partial charge in [0.05, 0.1) is 6.07 Å². The van der Waals surface area contributed by atoms with Gasteiger partial charge in [-0.2, -0.15) is 5.26 Å². The molecule has 1 atom stereocenters. The normalized spacial score (nSPS) is 11.5. The maximum absolute atomic E-state index is 11.5.